The molecule has 1 heterocycles. The fraction of sp³-hybridized carbons (Fsp3) is 0.167. The van der Waals surface area contributed by atoms with Gasteiger partial charge >= 0.3 is 0 Å². The van der Waals surface area contributed by atoms with Crippen molar-refractivity contribution in [1.82, 2.24) is 9.55 Å². The van der Waals surface area contributed by atoms with Crippen molar-refractivity contribution in [2.75, 3.05) is 0 Å². The van der Waals surface area contributed by atoms with E-state index in [1.165, 1.54) is 16.7 Å². The van der Waals surface area contributed by atoms with Gasteiger partial charge < -0.3 is 4.57 Å². The van der Waals surface area contributed by atoms with Crippen molar-refractivity contribution in [2.24, 2.45) is 7.05 Å². The quantitative estimate of drug-likeness (QED) is 0.650. The van der Waals surface area contributed by atoms with Gasteiger partial charge in [-0.3, -0.25) is 0 Å². The highest BCUT2D eigenvalue weighted by Crippen LogP contribution is 2.26. The number of aryl methyl sites for hydroxylation is 1. The molecule has 0 aliphatic heterocycles. The number of benzene rings is 2. The van der Waals surface area contributed by atoms with E-state index in [1.54, 1.807) is 11.8 Å². The maximum absolute atomic E-state index is 4.56. The molecule has 0 unspecified atom stereocenters. The van der Waals surface area contributed by atoms with E-state index in [2.05, 4.69) is 72.1 Å². The Morgan fingerprint density at radius 2 is 1.86 bits per heavy atom. The van der Waals surface area contributed by atoms with Crippen molar-refractivity contribution in [3.8, 4) is 11.3 Å². The third kappa shape index (κ3) is 3.19. The largest absolute Gasteiger partial charge is 0.322 e. The summed E-state index contributed by atoms with van der Waals surface area (Å²) in [7, 11) is 2.08. The van der Waals surface area contributed by atoms with Gasteiger partial charge in [-0.2, -0.15) is 0 Å². The first-order chi connectivity index (χ1) is 10.2. The van der Waals surface area contributed by atoms with Crippen LogP contribution in [0.3, 0.4) is 0 Å². The fourth-order valence-electron chi connectivity index (χ4n) is 2.35. The molecule has 106 valence electrons. The molecule has 0 atom stereocenters. The number of aromatic nitrogens is 2. The maximum Gasteiger partial charge on any atom is 0.168 e. The Balaban J connectivity index is 1.77. The van der Waals surface area contributed by atoms with Crippen molar-refractivity contribution < 1.29 is 0 Å². The molecule has 0 radical (unpaired) electrons. The molecule has 2 aromatic carbocycles. The molecule has 0 aliphatic carbocycles. The van der Waals surface area contributed by atoms with Crippen LogP contribution in [0.2, 0.25) is 0 Å². The summed E-state index contributed by atoms with van der Waals surface area (Å²) in [4.78, 5) is 4.56. The number of nitrogens with zero attached hydrogens (tertiary/aromatic N) is 2. The van der Waals surface area contributed by atoms with Crippen molar-refractivity contribution in [2.45, 2.75) is 17.8 Å². The first-order valence-corrected chi connectivity index (χ1v) is 7.98. The first kappa shape index (κ1) is 14.0. The minimum absolute atomic E-state index is 0.945. The lowest BCUT2D eigenvalue weighted by atomic mass is 10.2. The second kappa shape index (κ2) is 6.19. The normalized spacial score (nSPS) is 10.8. The zero-order valence-corrected chi connectivity index (χ0v) is 13.1. The average Bonchev–Trinajstić information content (AvgIpc) is 2.87. The Hall–Kier alpha value is -2.00. The minimum atomic E-state index is 0.945. The number of thioether (sulfide) groups is 1. The van der Waals surface area contributed by atoms with Crippen LogP contribution in [-0.2, 0) is 12.8 Å². The third-order valence-corrected chi connectivity index (χ3v) is 4.58. The highest BCUT2D eigenvalue weighted by Gasteiger charge is 2.08. The van der Waals surface area contributed by atoms with E-state index < -0.39 is 0 Å². The van der Waals surface area contributed by atoms with Crippen molar-refractivity contribution in [3.63, 3.8) is 0 Å². The van der Waals surface area contributed by atoms with Gasteiger partial charge in [-0.1, -0.05) is 71.9 Å². The monoisotopic (exact) mass is 294 g/mol. The van der Waals surface area contributed by atoms with Crippen LogP contribution < -0.4 is 0 Å². The minimum Gasteiger partial charge on any atom is -0.322 e. The molecule has 0 saturated heterocycles. The molecule has 0 bridgehead atoms. The molecule has 3 heteroatoms. The molecule has 0 spiro atoms. The van der Waals surface area contributed by atoms with E-state index >= 15 is 0 Å². The topological polar surface area (TPSA) is 17.8 Å². The summed E-state index contributed by atoms with van der Waals surface area (Å²) in [5, 5.41) is 1.05. The lowest BCUT2D eigenvalue weighted by molar-refractivity contribution is 0.796. The zero-order chi connectivity index (χ0) is 14.7. The molecule has 0 amide bonds. The zero-order valence-electron chi connectivity index (χ0n) is 12.3. The second-order valence-electron chi connectivity index (χ2n) is 5.13. The highest BCUT2D eigenvalue weighted by atomic mass is 32.2. The standard InChI is InChI=1S/C18H18N2S/c1-14-7-6-8-15(11-14)13-21-18-19-12-17(20(18)2)16-9-4-3-5-10-16/h3-12H,13H2,1-2H3. The Kier molecular flexibility index (Phi) is 4.11. The van der Waals surface area contributed by atoms with Crippen LogP contribution >= 0.6 is 11.8 Å². The lowest BCUT2D eigenvalue weighted by Gasteiger charge is -2.06. The molecule has 21 heavy (non-hydrogen) atoms. The van der Waals surface area contributed by atoms with Gasteiger partial charge in [0.05, 0.1) is 11.9 Å². The van der Waals surface area contributed by atoms with E-state index in [-0.39, 0.29) is 0 Å². The maximum atomic E-state index is 4.56. The summed E-state index contributed by atoms with van der Waals surface area (Å²) in [6.45, 7) is 2.13. The van der Waals surface area contributed by atoms with Crippen molar-refractivity contribution in [3.05, 3.63) is 71.9 Å². The molecule has 3 rings (SSSR count). The van der Waals surface area contributed by atoms with Gasteiger partial charge in [0, 0.05) is 12.8 Å². The smallest absolute Gasteiger partial charge is 0.168 e. The van der Waals surface area contributed by atoms with Gasteiger partial charge in [-0.05, 0) is 18.1 Å². The number of hydrogen-bond acceptors (Lipinski definition) is 2. The molecule has 2 nitrogen and oxygen atoms in total. The summed E-state index contributed by atoms with van der Waals surface area (Å²) in [5.41, 5.74) is 5.00. The van der Waals surface area contributed by atoms with Gasteiger partial charge in [-0.25, -0.2) is 4.98 Å². The van der Waals surface area contributed by atoms with E-state index in [9.17, 15) is 0 Å². The predicted molar refractivity (Wildman–Crippen MR) is 89.4 cm³/mol. The Morgan fingerprint density at radius 3 is 2.62 bits per heavy atom. The summed E-state index contributed by atoms with van der Waals surface area (Å²) in [6, 6.07) is 19.0. The predicted octanol–water partition coefficient (Wildman–Crippen LogP) is 4.69. The van der Waals surface area contributed by atoms with Crippen LogP contribution in [0, 0.1) is 6.92 Å². The Morgan fingerprint density at radius 1 is 1.05 bits per heavy atom. The van der Waals surface area contributed by atoms with Crippen LogP contribution in [0.4, 0.5) is 0 Å². The number of hydrogen-bond donors (Lipinski definition) is 0. The molecule has 3 aromatic rings. The summed E-state index contributed by atoms with van der Waals surface area (Å²) < 4.78 is 2.16. The number of rotatable bonds is 4. The Labute approximate surface area is 129 Å². The van der Waals surface area contributed by atoms with Crippen LogP contribution in [0.5, 0.6) is 0 Å². The second-order valence-corrected chi connectivity index (χ2v) is 6.07. The molecular weight excluding hydrogens is 276 g/mol. The highest BCUT2D eigenvalue weighted by molar-refractivity contribution is 7.98. The lowest BCUT2D eigenvalue weighted by Crippen LogP contribution is -1.94. The Bertz CT molecular complexity index is 732. The molecule has 1 aromatic heterocycles. The first-order valence-electron chi connectivity index (χ1n) is 6.99. The molecule has 0 fully saturated rings. The van der Waals surface area contributed by atoms with Crippen LogP contribution in [0.1, 0.15) is 11.1 Å². The molecule has 0 saturated carbocycles. The SMILES string of the molecule is Cc1cccc(CSc2ncc(-c3ccccc3)n2C)c1. The van der Waals surface area contributed by atoms with Crippen LogP contribution in [-0.4, -0.2) is 9.55 Å². The van der Waals surface area contributed by atoms with Crippen molar-refractivity contribution >= 4 is 11.8 Å². The van der Waals surface area contributed by atoms with Gasteiger partial charge in [0.1, 0.15) is 0 Å². The van der Waals surface area contributed by atoms with Crippen LogP contribution in [0.15, 0.2) is 66.0 Å². The number of imidazole rings is 1. The van der Waals surface area contributed by atoms with Crippen molar-refractivity contribution in [1.29, 1.82) is 0 Å². The summed E-state index contributed by atoms with van der Waals surface area (Å²) in [6.07, 6.45) is 1.95. The van der Waals surface area contributed by atoms with E-state index in [1.807, 2.05) is 12.3 Å². The molecule has 0 N–H and O–H groups in total. The third-order valence-electron chi connectivity index (χ3n) is 3.47. The van der Waals surface area contributed by atoms with Gasteiger partial charge in [0.25, 0.3) is 0 Å². The fourth-order valence-corrected chi connectivity index (χ4v) is 3.25. The van der Waals surface area contributed by atoms with E-state index in [0.717, 1.165) is 16.6 Å². The molecule has 0 aliphatic rings. The van der Waals surface area contributed by atoms with E-state index in [0.29, 0.717) is 0 Å². The molecular formula is C18H18N2S. The van der Waals surface area contributed by atoms with Gasteiger partial charge in [0.2, 0.25) is 0 Å². The van der Waals surface area contributed by atoms with Gasteiger partial charge in [0.15, 0.2) is 5.16 Å². The van der Waals surface area contributed by atoms with Gasteiger partial charge in [-0.15, -0.1) is 0 Å². The van der Waals surface area contributed by atoms with Crippen LogP contribution in [0.25, 0.3) is 11.3 Å². The van der Waals surface area contributed by atoms with E-state index in [4.69, 9.17) is 0 Å². The summed E-state index contributed by atoms with van der Waals surface area (Å²) in [5.74, 6) is 0.945. The average molecular weight is 294 g/mol. The summed E-state index contributed by atoms with van der Waals surface area (Å²) >= 11 is 1.78.